The van der Waals surface area contributed by atoms with Crippen LogP contribution < -0.4 is 10.1 Å². The first-order valence-electron chi connectivity index (χ1n) is 7.57. The summed E-state index contributed by atoms with van der Waals surface area (Å²) < 4.78 is 5.11. The number of likely N-dealkylation sites (tertiary alicyclic amines) is 1. The second-order valence-corrected chi connectivity index (χ2v) is 5.38. The number of hydrogen-bond acceptors (Lipinski definition) is 4. The maximum atomic E-state index is 10.4. The van der Waals surface area contributed by atoms with E-state index in [1.165, 1.54) is 24.9 Å². The van der Waals surface area contributed by atoms with Crippen molar-refractivity contribution in [3.05, 3.63) is 29.8 Å². The highest BCUT2D eigenvalue weighted by Gasteiger charge is 2.21. The number of carbonyl (C=O) groups is 1. The number of carboxylic acid groups (broad SMARTS) is 1. The number of nitrogens with zero attached hydrogens (tertiary/aromatic N) is 1. The fourth-order valence-electron chi connectivity index (χ4n) is 2.77. The van der Waals surface area contributed by atoms with Crippen LogP contribution in [0.5, 0.6) is 5.75 Å². The Hall–Kier alpha value is -1.59. The molecule has 1 heterocycles. The second-order valence-electron chi connectivity index (χ2n) is 5.38. The van der Waals surface area contributed by atoms with Crippen molar-refractivity contribution in [3.63, 3.8) is 0 Å². The molecule has 2 rings (SSSR count). The van der Waals surface area contributed by atoms with Crippen molar-refractivity contribution in [2.75, 3.05) is 26.2 Å². The lowest BCUT2D eigenvalue weighted by atomic mass is 10.2. The van der Waals surface area contributed by atoms with Crippen molar-refractivity contribution in [1.82, 2.24) is 10.2 Å². The highest BCUT2D eigenvalue weighted by molar-refractivity contribution is 5.68. The third-order valence-electron chi connectivity index (χ3n) is 3.90. The average molecular weight is 292 g/mol. The molecule has 0 aliphatic carbocycles. The van der Waals surface area contributed by atoms with Gasteiger partial charge < -0.3 is 15.2 Å². The molecule has 0 radical (unpaired) electrons. The van der Waals surface area contributed by atoms with Gasteiger partial charge in [-0.25, -0.2) is 4.79 Å². The summed E-state index contributed by atoms with van der Waals surface area (Å²) in [6.07, 6.45) is 2.58. The molecule has 1 aromatic rings. The molecule has 0 bridgehead atoms. The molecule has 0 saturated carbocycles. The van der Waals surface area contributed by atoms with Crippen LogP contribution in [0.3, 0.4) is 0 Å². The number of ether oxygens (including phenoxy) is 1. The number of nitrogens with one attached hydrogen (secondary N) is 1. The van der Waals surface area contributed by atoms with Gasteiger partial charge in [-0.2, -0.15) is 0 Å². The van der Waals surface area contributed by atoms with Crippen molar-refractivity contribution in [3.8, 4) is 5.75 Å². The third-order valence-corrected chi connectivity index (χ3v) is 3.90. The summed E-state index contributed by atoms with van der Waals surface area (Å²) in [7, 11) is 0. The minimum Gasteiger partial charge on any atom is -0.482 e. The van der Waals surface area contributed by atoms with Crippen LogP contribution in [0.4, 0.5) is 0 Å². The summed E-state index contributed by atoms with van der Waals surface area (Å²) in [6.45, 7) is 6.11. The molecule has 5 heteroatoms. The Balaban J connectivity index is 1.72. The van der Waals surface area contributed by atoms with Gasteiger partial charge in [-0.05, 0) is 43.6 Å². The van der Waals surface area contributed by atoms with Gasteiger partial charge in [0.15, 0.2) is 6.61 Å². The summed E-state index contributed by atoms with van der Waals surface area (Å²) in [5.74, 6) is -0.369. The normalized spacial score (nSPS) is 18.8. The lowest BCUT2D eigenvalue weighted by Crippen LogP contribution is -2.37. The fourth-order valence-corrected chi connectivity index (χ4v) is 2.77. The predicted molar refractivity (Wildman–Crippen MR) is 81.5 cm³/mol. The molecule has 116 valence electrons. The molecule has 1 fully saturated rings. The minimum atomic E-state index is -0.960. The van der Waals surface area contributed by atoms with Crippen molar-refractivity contribution in [2.45, 2.75) is 32.4 Å². The highest BCUT2D eigenvalue weighted by Crippen LogP contribution is 2.16. The molecule has 0 unspecified atom stereocenters. The van der Waals surface area contributed by atoms with Crippen LogP contribution in [0, 0.1) is 0 Å². The number of rotatable bonds is 8. The molecule has 1 aliphatic rings. The molecule has 0 spiro atoms. The van der Waals surface area contributed by atoms with E-state index >= 15 is 0 Å². The Bertz CT molecular complexity index is 447. The summed E-state index contributed by atoms with van der Waals surface area (Å²) >= 11 is 0. The van der Waals surface area contributed by atoms with Crippen molar-refractivity contribution in [2.24, 2.45) is 0 Å². The molecule has 21 heavy (non-hydrogen) atoms. The van der Waals surface area contributed by atoms with Crippen LogP contribution in [0.2, 0.25) is 0 Å². The quantitative estimate of drug-likeness (QED) is 0.764. The van der Waals surface area contributed by atoms with Gasteiger partial charge in [0.05, 0.1) is 0 Å². The zero-order valence-electron chi connectivity index (χ0n) is 12.5. The number of hydrogen-bond donors (Lipinski definition) is 2. The molecule has 1 atom stereocenters. The van der Waals surface area contributed by atoms with Gasteiger partial charge in [0.25, 0.3) is 0 Å². The monoisotopic (exact) mass is 292 g/mol. The smallest absolute Gasteiger partial charge is 0.341 e. The van der Waals surface area contributed by atoms with Crippen LogP contribution in [0.25, 0.3) is 0 Å². The topological polar surface area (TPSA) is 61.8 Å². The van der Waals surface area contributed by atoms with Crippen LogP contribution in [-0.2, 0) is 11.3 Å². The Morgan fingerprint density at radius 2 is 2.19 bits per heavy atom. The highest BCUT2D eigenvalue weighted by atomic mass is 16.5. The van der Waals surface area contributed by atoms with E-state index in [0.29, 0.717) is 11.8 Å². The van der Waals surface area contributed by atoms with E-state index in [1.54, 1.807) is 0 Å². The van der Waals surface area contributed by atoms with E-state index in [9.17, 15) is 4.79 Å². The number of carboxylic acids is 1. The zero-order valence-corrected chi connectivity index (χ0v) is 12.5. The summed E-state index contributed by atoms with van der Waals surface area (Å²) in [5.41, 5.74) is 1.18. The second kappa shape index (κ2) is 8.00. The van der Waals surface area contributed by atoms with Crippen molar-refractivity contribution in [1.29, 1.82) is 0 Å². The molecule has 0 amide bonds. The molecule has 1 aromatic carbocycles. The van der Waals surface area contributed by atoms with Gasteiger partial charge in [-0.3, -0.25) is 4.90 Å². The minimum absolute atomic E-state index is 0.299. The lowest BCUT2D eigenvalue weighted by molar-refractivity contribution is -0.139. The van der Waals surface area contributed by atoms with E-state index in [-0.39, 0.29) is 6.61 Å². The van der Waals surface area contributed by atoms with Crippen LogP contribution >= 0.6 is 0 Å². The van der Waals surface area contributed by atoms with E-state index in [4.69, 9.17) is 9.84 Å². The molecular weight excluding hydrogens is 268 g/mol. The number of likely N-dealkylation sites (N-methyl/N-ethyl adjacent to an activating group) is 1. The molecule has 5 nitrogen and oxygen atoms in total. The van der Waals surface area contributed by atoms with Crippen LogP contribution in [0.1, 0.15) is 25.3 Å². The maximum absolute atomic E-state index is 10.4. The predicted octanol–water partition coefficient (Wildman–Crippen LogP) is 1.72. The molecule has 1 aliphatic heterocycles. The number of benzene rings is 1. The van der Waals surface area contributed by atoms with Gasteiger partial charge in [-0.15, -0.1) is 0 Å². The van der Waals surface area contributed by atoms with Crippen LogP contribution in [-0.4, -0.2) is 48.3 Å². The van der Waals surface area contributed by atoms with Gasteiger partial charge in [0, 0.05) is 19.1 Å². The summed E-state index contributed by atoms with van der Waals surface area (Å²) in [4.78, 5) is 12.9. The first-order valence-corrected chi connectivity index (χ1v) is 7.57. The first-order chi connectivity index (χ1) is 10.2. The third kappa shape index (κ3) is 5.02. The number of aliphatic carboxylic acids is 1. The Morgan fingerprint density at radius 3 is 2.86 bits per heavy atom. The molecule has 2 N–H and O–H groups in total. The van der Waals surface area contributed by atoms with E-state index in [0.717, 1.165) is 19.6 Å². The van der Waals surface area contributed by atoms with Crippen molar-refractivity contribution < 1.29 is 14.6 Å². The van der Waals surface area contributed by atoms with Gasteiger partial charge >= 0.3 is 5.97 Å². The molecule has 1 saturated heterocycles. The van der Waals surface area contributed by atoms with E-state index in [2.05, 4.69) is 17.1 Å². The molecular formula is C16H24N2O3. The van der Waals surface area contributed by atoms with Crippen molar-refractivity contribution >= 4 is 5.97 Å². The maximum Gasteiger partial charge on any atom is 0.341 e. The summed E-state index contributed by atoms with van der Waals surface area (Å²) in [6, 6.07) is 8.22. The SMILES string of the molecule is CCN1CCC[C@@H]1CNCc1ccc(OCC(=O)O)cc1. The Labute approximate surface area is 125 Å². The zero-order chi connectivity index (χ0) is 15.1. The average Bonchev–Trinajstić information content (AvgIpc) is 2.94. The summed E-state index contributed by atoms with van der Waals surface area (Å²) in [5, 5.41) is 12.1. The Kier molecular flexibility index (Phi) is 6.02. The van der Waals surface area contributed by atoms with Gasteiger partial charge in [0.2, 0.25) is 0 Å². The lowest BCUT2D eigenvalue weighted by Gasteiger charge is -2.23. The standard InChI is InChI=1S/C16H24N2O3/c1-2-18-9-3-4-14(18)11-17-10-13-5-7-15(8-6-13)21-12-16(19)20/h5-8,14,17H,2-4,9-12H2,1H3,(H,19,20)/t14-/m1/s1. The molecule has 0 aromatic heterocycles. The Morgan fingerprint density at radius 1 is 1.43 bits per heavy atom. The largest absolute Gasteiger partial charge is 0.482 e. The van der Waals surface area contributed by atoms with E-state index in [1.807, 2.05) is 24.3 Å². The first kappa shape index (κ1) is 15.8. The van der Waals surface area contributed by atoms with E-state index < -0.39 is 5.97 Å². The van der Waals surface area contributed by atoms with Crippen LogP contribution in [0.15, 0.2) is 24.3 Å². The van der Waals surface area contributed by atoms with Gasteiger partial charge in [-0.1, -0.05) is 19.1 Å². The fraction of sp³-hybridized carbons (Fsp3) is 0.562. The van der Waals surface area contributed by atoms with Gasteiger partial charge in [0.1, 0.15) is 5.75 Å².